The molecule has 8 heteroatoms. The third kappa shape index (κ3) is 3.64. The van der Waals surface area contributed by atoms with Gasteiger partial charge in [-0.3, -0.25) is 14.5 Å². The van der Waals surface area contributed by atoms with Gasteiger partial charge in [-0.2, -0.15) is 0 Å². The van der Waals surface area contributed by atoms with Crippen molar-refractivity contribution in [3.05, 3.63) is 34.7 Å². The second-order valence-electron chi connectivity index (χ2n) is 7.82. The van der Waals surface area contributed by atoms with Gasteiger partial charge in [0.25, 0.3) is 5.91 Å². The van der Waals surface area contributed by atoms with E-state index in [1.54, 1.807) is 17.4 Å². The van der Waals surface area contributed by atoms with Crippen molar-refractivity contribution in [2.75, 3.05) is 11.9 Å². The summed E-state index contributed by atoms with van der Waals surface area (Å²) in [5.74, 6) is -0.615. The highest BCUT2D eigenvalue weighted by molar-refractivity contribution is 7.09. The lowest BCUT2D eigenvalue weighted by atomic mass is 9.73. The summed E-state index contributed by atoms with van der Waals surface area (Å²) in [6.07, 6.45) is 3.49. The molecule has 2 aliphatic rings. The monoisotopic (exact) mass is 412 g/mol. The van der Waals surface area contributed by atoms with Crippen molar-refractivity contribution in [2.24, 2.45) is 5.92 Å². The highest BCUT2D eigenvalue weighted by atomic mass is 32.1. The van der Waals surface area contributed by atoms with E-state index < -0.39 is 17.5 Å². The number of urea groups is 1. The molecule has 2 aromatic rings. The fraction of sp³-hybridized carbons (Fsp3) is 0.429. The Morgan fingerprint density at radius 1 is 1.38 bits per heavy atom. The lowest BCUT2D eigenvalue weighted by Gasteiger charge is -2.36. The Morgan fingerprint density at radius 3 is 2.93 bits per heavy atom. The van der Waals surface area contributed by atoms with Crippen molar-refractivity contribution < 1.29 is 14.4 Å². The van der Waals surface area contributed by atoms with Crippen LogP contribution >= 0.6 is 11.3 Å². The number of aromatic nitrogens is 1. The maximum absolute atomic E-state index is 13.0. The Labute approximate surface area is 173 Å². The van der Waals surface area contributed by atoms with Crippen LogP contribution in [-0.2, 0) is 9.59 Å². The van der Waals surface area contributed by atoms with E-state index in [1.165, 1.54) is 0 Å². The topological polar surface area (TPSA) is 91.4 Å². The van der Waals surface area contributed by atoms with E-state index in [2.05, 4.69) is 15.6 Å². The van der Waals surface area contributed by atoms with Crippen LogP contribution in [-0.4, -0.2) is 39.8 Å². The van der Waals surface area contributed by atoms with Gasteiger partial charge >= 0.3 is 6.03 Å². The minimum atomic E-state index is -0.849. The summed E-state index contributed by atoms with van der Waals surface area (Å²) in [7, 11) is 0. The maximum atomic E-state index is 13.0. The molecule has 1 spiro atoms. The molecular formula is C21H24N4O3S. The normalized spacial score (nSPS) is 24.1. The van der Waals surface area contributed by atoms with Crippen LogP contribution in [0.25, 0.3) is 11.3 Å². The van der Waals surface area contributed by atoms with Crippen LogP contribution in [0.2, 0.25) is 0 Å². The van der Waals surface area contributed by atoms with Gasteiger partial charge in [-0.15, -0.1) is 11.3 Å². The maximum Gasteiger partial charge on any atom is 0.325 e. The van der Waals surface area contributed by atoms with E-state index in [4.69, 9.17) is 0 Å². The zero-order valence-electron chi connectivity index (χ0n) is 16.5. The van der Waals surface area contributed by atoms with E-state index >= 15 is 0 Å². The molecule has 152 valence electrons. The Morgan fingerprint density at radius 2 is 2.21 bits per heavy atom. The molecule has 1 aromatic carbocycles. The third-order valence-electron chi connectivity index (χ3n) is 5.86. The highest BCUT2D eigenvalue weighted by Crippen LogP contribution is 2.38. The molecule has 2 atom stereocenters. The molecule has 1 saturated heterocycles. The number of aryl methyl sites for hydroxylation is 1. The number of anilines is 1. The Balaban J connectivity index is 1.45. The van der Waals surface area contributed by atoms with E-state index in [-0.39, 0.29) is 18.4 Å². The zero-order valence-corrected chi connectivity index (χ0v) is 17.3. The van der Waals surface area contributed by atoms with Gasteiger partial charge in [0.2, 0.25) is 5.91 Å². The molecule has 1 aliphatic carbocycles. The molecule has 0 radical (unpaired) electrons. The average molecular weight is 413 g/mol. The number of amides is 4. The summed E-state index contributed by atoms with van der Waals surface area (Å²) in [4.78, 5) is 43.5. The number of carbonyl (C=O) groups is 3. The average Bonchev–Trinajstić information content (AvgIpc) is 3.22. The second-order valence-corrected chi connectivity index (χ2v) is 8.88. The number of hydrogen-bond donors (Lipinski definition) is 2. The predicted molar refractivity (Wildman–Crippen MR) is 112 cm³/mol. The SMILES string of the molecule is Cc1nc(-c2cccc(NC(=O)CN3C(=O)N[C@]4(CCCC[C@@H]4C)C3=O)c2)cs1. The molecule has 4 amide bonds. The molecule has 2 N–H and O–H groups in total. The molecule has 1 aromatic heterocycles. The fourth-order valence-corrected chi connectivity index (χ4v) is 4.86. The molecule has 2 fully saturated rings. The van der Waals surface area contributed by atoms with Crippen molar-refractivity contribution in [3.63, 3.8) is 0 Å². The summed E-state index contributed by atoms with van der Waals surface area (Å²) in [6.45, 7) is 3.64. The van der Waals surface area contributed by atoms with E-state index in [9.17, 15) is 14.4 Å². The summed E-state index contributed by atoms with van der Waals surface area (Å²) in [6, 6.07) is 6.90. The van der Waals surface area contributed by atoms with E-state index in [1.807, 2.05) is 37.4 Å². The number of benzene rings is 1. The van der Waals surface area contributed by atoms with Gasteiger partial charge in [-0.25, -0.2) is 9.78 Å². The van der Waals surface area contributed by atoms with Crippen LogP contribution in [0.4, 0.5) is 10.5 Å². The number of nitrogens with one attached hydrogen (secondary N) is 2. The number of thiazole rings is 1. The lowest BCUT2D eigenvalue weighted by molar-refractivity contribution is -0.136. The number of nitrogens with zero attached hydrogens (tertiary/aromatic N) is 2. The molecule has 0 unspecified atom stereocenters. The van der Waals surface area contributed by atoms with E-state index in [0.29, 0.717) is 12.1 Å². The molecule has 1 aliphatic heterocycles. The quantitative estimate of drug-likeness (QED) is 0.751. The number of rotatable bonds is 4. The van der Waals surface area contributed by atoms with Gasteiger partial charge in [0.05, 0.1) is 10.7 Å². The molecular weight excluding hydrogens is 388 g/mol. The van der Waals surface area contributed by atoms with Crippen LogP contribution in [0, 0.1) is 12.8 Å². The van der Waals surface area contributed by atoms with E-state index in [0.717, 1.165) is 40.4 Å². The van der Waals surface area contributed by atoms with Gasteiger partial charge < -0.3 is 10.6 Å². The number of hydrogen-bond acceptors (Lipinski definition) is 5. The highest BCUT2D eigenvalue weighted by Gasteiger charge is 2.55. The second kappa shape index (κ2) is 7.59. The molecule has 7 nitrogen and oxygen atoms in total. The Hall–Kier alpha value is -2.74. The minimum Gasteiger partial charge on any atom is -0.325 e. The lowest BCUT2D eigenvalue weighted by Crippen LogP contribution is -2.54. The first-order valence-corrected chi connectivity index (χ1v) is 10.7. The van der Waals surface area contributed by atoms with Gasteiger partial charge in [0.15, 0.2) is 0 Å². The molecule has 4 rings (SSSR count). The molecule has 1 saturated carbocycles. The van der Waals surface area contributed by atoms with Crippen LogP contribution < -0.4 is 10.6 Å². The Bertz CT molecular complexity index is 972. The van der Waals surface area contributed by atoms with Gasteiger partial charge in [-0.1, -0.05) is 31.9 Å². The Kier molecular flexibility index (Phi) is 5.12. The summed E-state index contributed by atoms with van der Waals surface area (Å²) in [5.41, 5.74) is 1.51. The van der Waals surface area contributed by atoms with Crippen LogP contribution in [0.5, 0.6) is 0 Å². The fourth-order valence-electron chi connectivity index (χ4n) is 4.24. The van der Waals surface area contributed by atoms with Gasteiger partial charge in [0, 0.05) is 16.6 Å². The van der Waals surface area contributed by atoms with Crippen LogP contribution in [0.3, 0.4) is 0 Å². The zero-order chi connectivity index (χ0) is 20.6. The first kappa shape index (κ1) is 19.6. The smallest absolute Gasteiger partial charge is 0.325 e. The number of carbonyl (C=O) groups excluding carboxylic acids is 3. The summed E-state index contributed by atoms with van der Waals surface area (Å²) >= 11 is 1.56. The van der Waals surface area contributed by atoms with Crippen molar-refractivity contribution in [2.45, 2.75) is 45.1 Å². The largest absolute Gasteiger partial charge is 0.325 e. The molecule has 29 heavy (non-hydrogen) atoms. The standard InChI is InChI=1S/C21H24N4O3S/c1-13-6-3-4-9-21(13)19(27)25(20(28)24-21)11-18(26)23-16-8-5-7-15(10-16)17-12-29-14(2)22-17/h5,7-8,10,12-13H,3-4,6,9,11H2,1-2H3,(H,23,26)(H,24,28)/t13-,21-/m0/s1. The van der Waals surface area contributed by atoms with Crippen LogP contribution in [0.15, 0.2) is 29.6 Å². The summed E-state index contributed by atoms with van der Waals surface area (Å²) in [5, 5.41) is 8.60. The third-order valence-corrected chi connectivity index (χ3v) is 6.64. The molecule has 0 bridgehead atoms. The predicted octanol–water partition coefficient (Wildman–Crippen LogP) is 3.56. The molecule has 2 heterocycles. The van der Waals surface area contributed by atoms with Gasteiger partial charge in [0.1, 0.15) is 12.1 Å². The van der Waals surface area contributed by atoms with Gasteiger partial charge in [-0.05, 0) is 37.8 Å². The van der Waals surface area contributed by atoms with Crippen LogP contribution in [0.1, 0.15) is 37.6 Å². The van der Waals surface area contributed by atoms with Crippen molar-refractivity contribution in [1.82, 2.24) is 15.2 Å². The van der Waals surface area contributed by atoms with Crippen molar-refractivity contribution >= 4 is 34.9 Å². The first-order valence-electron chi connectivity index (χ1n) is 9.85. The summed E-state index contributed by atoms with van der Waals surface area (Å²) < 4.78 is 0. The first-order chi connectivity index (χ1) is 13.9. The minimum absolute atomic E-state index is 0.0685. The van der Waals surface area contributed by atoms with Crippen molar-refractivity contribution in [1.29, 1.82) is 0 Å². The number of imide groups is 1. The van der Waals surface area contributed by atoms with Crippen molar-refractivity contribution in [3.8, 4) is 11.3 Å².